The maximum Gasteiger partial charge on any atom is 0.0546 e. The maximum absolute atomic E-state index is 8.85. The highest BCUT2D eigenvalue weighted by molar-refractivity contribution is 4.89. The van der Waals surface area contributed by atoms with Gasteiger partial charge < -0.3 is 5.11 Å². The van der Waals surface area contributed by atoms with Gasteiger partial charge in [0.1, 0.15) is 0 Å². The predicted octanol–water partition coefficient (Wildman–Crippen LogP) is 1.97. The Bertz CT molecular complexity index is 55.6. The Morgan fingerprint density at radius 2 is 1.89 bits per heavy atom. The molecule has 0 bridgehead atoms. The van der Waals surface area contributed by atoms with Crippen LogP contribution >= 0.6 is 0 Å². The van der Waals surface area contributed by atoms with Gasteiger partial charge in [-0.3, -0.25) is 0 Å². The second-order valence-corrected chi connectivity index (χ2v) is 2.32. The first kappa shape index (κ1) is 8.96. The van der Waals surface area contributed by atoms with Gasteiger partial charge in [0.25, 0.3) is 0 Å². The molecule has 0 saturated heterocycles. The summed E-state index contributed by atoms with van der Waals surface area (Å²) in [5.41, 5.74) is 0. The van der Waals surface area contributed by atoms with Gasteiger partial charge in [-0.15, -0.1) is 0 Å². The highest BCUT2D eigenvalue weighted by atomic mass is 16.3. The van der Waals surface area contributed by atoms with E-state index in [1.54, 1.807) is 0 Å². The first-order valence-electron chi connectivity index (χ1n) is 3.55. The molecular weight excluding hydrogens is 112 g/mol. The van der Waals surface area contributed by atoms with E-state index in [1.165, 1.54) is 5.92 Å². The maximum atomic E-state index is 8.85. The van der Waals surface area contributed by atoms with E-state index >= 15 is 0 Å². The summed E-state index contributed by atoms with van der Waals surface area (Å²) in [5, 5.41) is 8.85. The van der Waals surface area contributed by atoms with Crippen molar-refractivity contribution in [2.24, 2.45) is 0 Å². The highest BCUT2D eigenvalue weighted by Crippen LogP contribution is 2.16. The number of aliphatic hydroxyl groups excluding tert-OH is 1. The van der Waals surface area contributed by atoms with Crippen LogP contribution in [0.1, 0.15) is 33.1 Å². The molecule has 1 unspecified atom stereocenters. The molecule has 0 fully saturated rings. The standard InChI is InChI=1S/C8H16O/c1-4-8(5-2)6-7(3)9/h7,9H,3-6H2,1-2H3. The van der Waals surface area contributed by atoms with Gasteiger partial charge in [-0.25, -0.2) is 0 Å². The van der Waals surface area contributed by atoms with E-state index in [1.807, 2.05) is 0 Å². The van der Waals surface area contributed by atoms with E-state index in [9.17, 15) is 0 Å². The smallest absolute Gasteiger partial charge is 0.0546 e. The molecule has 0 aliphatic heterocycles. The fourth-order valence-corrected chi connectivity index (χ4v) is 0.872. The zero-order valence-corrected chi connectivity index (χ0v) is 6.35. The van der Waals surface area contributed by atoms with Crippen LogP contribution in [-0.4, -0.2) is 11.2 Å². The second kappa shape index (κ2) is 4.80. The summed E-state index contributed by atoms with van der Waals surface area (Å²) >= 11 is 0. The van der Waals surface area contributed by atoms with E-state index in [2.05, 4.69) is 20.8 Å². The average molecular weight is 128 g/mol. The van der Waals surface area contributed by atoms with Gasteiger partial charge in [-0.2, -0.15) is 0 Å². The summed E-state index contributed by atoms with van der Waals surface area (Å²) in [6.07, 6.45) is 2.51. The van der Waals surface area contributed by atoms with Crippen LogP contribution in [0.2, 0.25) is 0 Å². The molecule has 0 aliphatic carbocycles. The average Bonchev–Trinajstić information content (AvgIpc) is 1.82. The molecule has 1 N–H and O–H groups in total. The molecular formula is C8H16O. The molecule has 0 aromatic carbocycles. The molecule has 54 valence electrons. The third-order valence-electron chi connectivity index (χ3n) is 1.52. The molecule has 0 aliphatic rings. The van der Waals surface area contributed by atoms with Gasteiger partial charge >= 0.3 is 0 Å². The van der Waals surface area contributed by atoms with Gasteiger partial charge in [0.2, 0.25) is 0 Å². The number of hydrogen-bond acceptors (Lipinski definition) is 1. The van der Waals surface area contributed by atoms with Crippen LogP contribution in [0.15, 0.2) is 0 Å². The number of rotatable bonds is 4. The first-order valence-corrected chi connectivity index (χ1v) is 3.55. The Hall–Kier alpha value is -0.0400. The Morgan fingerprint density at radius 3 is 2.00 bits per heavy atom. The summed E-state index contributed by atoms with van der Waals surface area (Å²) in [6, 6.07) is 0. The van der Waals surface area contributed by atoms with Crippen molar-refractivity contribution < 1.29 is 5.11 Å². The molecule has 0 aromatic rings. The molecule has 2 radical (unpaired) electrons. The molecule has 0 spiro atoms. The minimum absolute atomic E-state index is 0.403. The predicted molar refractivity (Wildman–Crippen MR) is 39.8 cm³/mol. The van der Waals surface area contributed by atoms with Crippen LogP contribution in [-0.2, 0) is 0 Å². The fraction of sp³-hybridized carbons (Fsp3) is 0.750. The van der Waals surface area contributed by atoms with Crippen molar-refractivity contribution in [3.05, 3.63) is 12.8 Å². The summed E-state index contributed by atoms with van der Waals surface area (Å²) < 4.78 is 0. The lowest BCUT2D eigenvalue weighted by Crippen LogP contribution is -2.06. The lowest BCUT2D eigenvalue weighted by Gasteiger charge is -2.12. The molecule has 0 aromatic heterocycles. The topological polar surface area (TPSA) is 20.2 Å². The highest BCUT2D eigenvalue weighted by Gasteiger charge is 2.06. The van der Waals surface area contributed by atoms with Gasteiger partial charge in [0, 0.05) is 0 Å². The zero-order valence-electron chi connectivity index (χ0n) is 6.35. The number of aliphatic hydroxyl groups is 1. The van der Waals surface area contributed by atoms with Crippen LogP contribution in [0, 0.1) is 12.8 Å². The quantitative estimate of drug-likeness (QED) is 0.613. The Kier molecular flexibility index (Phi) is 4.78. The Morgan fingerprint density at radius 1 is 1.44 bits per heavy atom. The molecule has 0 amide bonds. The minimum atomic E-state index is -0.403. The Labute approximate surface area is 58.1 Å². The molecule has 1 nitrogen and oxygen atoms in total. The van der Waals surface area contributed by atoms with E-state index in [4.69, 9.17) is 5.11 Å². The van der Waals surface area contributed by atoms with Crippen molar-refractivity contribution in [1.29, 1.82) is 0 Å². The van der Waals surface area contributed by atoms with Crippen LogP contribution in [0.3, 0.4) is 0 Å². The molecule has 0 heterocycles. The van der Waals surface area contributed by atoms with Crippen molar-refractivity contribution in [2.75, 3.05) is 0 Å². The van der Waals surface area contributed by atoms with Crippen molar-refractivity contribution in [1.82, 2.24) is 0 Å². The van der Waals surface area contributed by atoms with Crippen LogP contribution in [0.25, 0.3) is 0 Å². The van der Waals surface area contributed by atoms with Crippen molar-refractivity contribution in [2.45, 2.75) is 39.2 Å². The summed E-state index contributed by atoms with van der Waals surface area (Å²) in [4.78, 5) is 0. The monoisotopic (exact) mass is 128 g/mol. The summed E-state index contributed by atoms with van der Waals surface area (Å²) in [6.45, 7) is 7.73. The van der Waals surface area contributed by atoms with Gasteiger partial charge in [-0.05, 0) is 32.1 Å². The normalized spacial score (nSPS) is 14.3. The molecule has 9 heavy (non-hydrogen) atoms. The van der Waals surface area contributed by atoms with E-state index < -0.39 is 6.10 Å². The lowest BCUT2D eigenvalue weighted by molar-refractivity contribution is 0.211. The molecule has 0 saturated carbocycles. The van der Waals surface area contributed by atoms with Crippen LogP contribution in [0.5, 0.6) is 0 Å². The Balaban J connectivity index is 3.31. The van der Waals surface area contributed by atoms with Crippen LogP contribution < -0.4 is 0 Å². The fourth-order valence-electron chi connectivity index (χ4n) is 0.872. The summed E-state index contributed by atoms with van der Waals surface area (Å²) in [5.74, 6) is 1.40. The number of hydrogen-bond donors (Lipinski definition) is 1. The van der Waals surface area contributed by atoms with Crippen molar-refractivity contribution in [3.8, 4) is 0 Å². The zero-order chi connectivity index (χ0) is 7.28. The third kappa shape index (κ3) is 4.46. The molecule has 0 rings (SSSR count). The van der Waals surface area contributed by atoms with E-state index in [0.29, 0.717) is 0 Å². The van der Waals surface area contributed by atoms with E-state index in [0.717, 1.165) is 19.3 Å². The largest absolute Gasteiger partial charge is 0.393 e. The second-order valence-electron chi connectivity index (χ2n) is 2.32. The van der Waals surface area contributed by atoms with E-state index in [-0.39, 0.29) is 0 Å². The van der Waals surface area contributed by atoms with Gasteiger partial charge in [0.15, 0.2) is 0 Å². The lowest BCUT2D eigenvalue weighted by atomic mass is 9.97. The first-order chi connectivity index (χ1) is 4.20. The van der Waals surface area contributed by atoms with Crippen molar-refractivity contribution in [3.63, 3.8) is 0 Å². The SMILES string of the molecule is [CH2]C(O)C[C](CC)CC. The van der Waals surface area contributed by atoms with Crippen LogP contribution in [0.4, 0.5) is 0 Å². The van der Waals surface area contributed by atoms with Crippen molar-refractivity contribution >= 4 is 0 Å². The minimum Gasteiger partial charge on any atom is -0.393 e. The van der Waals surface area contributed by atoms with Gasteiger partial charge in [-0.1, -0.05) is 13.8 Å². The summed E-state index contributed by atoms with van der Waals surface area (Å²) in [7, 11) is 0. The molecule has 1 heteroatoms. The molecule has 1 atom stereocenters. The third-order valence-corrected chi connectivity index (χ3v) is 1.52. The van der Waals surface area contributed by atoms with Gasteiger partial charge in [0.05, 0.1) is 6.10 Å².